The molecule has 0 atom stereocenters. The summed E-state index contributed by atoms with van der Waals surface area (Å²) in [6.07, 6.45) is -4.77. The third kappa shape index (κ3) is 4.52. The van der Waals surface area contributed by atoms with Crippen LogP contribution < -0.4 is 11.1 Å². The third-order valence-corrected chi connectivity index (χ3v) is 5.64. The molecule has 0 aliphatic carbocycles. The van der Waals surface area contributed by atoms with Gasteiger partial charge >= 0.3 is 12.2 Å². The van der Waals surface area contributed by atoms with Crippen molar-refractivity contribution in [2.24, 2.45) is 5.73 Å². The topological polar surface area (TPSA) is 117 Å². The zero-order chi connectivity index (χ0) is 25.5. The molecule has 0 fully saturated rings. The number of urea groups is 1. The molecule has 8 nitrogen and oxygen atoms in total. The van der Waals surface area contributed by atoms with E-state index >= 15 is 0 Å². The average molecular weight is 486 g/mol. The molecule has 0 radical (unpaired) electrons. The number of carbonyl (C=O) groups excluding carboxylic acids is 2. The van der Waals surface area contributed by atoms with Crippen molar-refractivity contribution in [3.8, 4) is 17.3 Å². The number of fused-ring (bicyclic) bond motifs is 1. The van der Waals surface area contributed by atoms with Crippen LogP contribution in [0.5, 0.6) is 0 Å². The molecular formula is C23H18F4N6O2. The molecule has 4 rings (SSSR count). The first kappa shape index (κ1) is 23.7. The third-order valence-electron chi connectivity index (χ3n) is 5.64. The van der Waals surface area contributed by atoms with Crippen LogP contribution in [0.15, 0.2) is 36.4 Å². The van der Waals surface area contributed by atoms with Crippen molar-refractivity contribution in [1.29, 1.82) is 5.26 Å². The van der Waals surface area contributed by atoms with Gasteiger partial charge in [0.25, 0.3) is 5.91 Å². The van der Waals surface area contributed by atoms with Crippen molar-refractivity contribution < 1.29 is 27.2 Å². The van der Waals surface area contributed by atoms with Gasteiger partial charge in [0, 0.05) is 17.8 Å². The number of aromatic nitrogens is 2. The van der Waals surface area contributed by atoms with Crippen LogP contribution >= 0.6 is 0 Å². The van der Waals surface area contributed by atoms with Crippen molar-refractivity contribution >= 4 is 17.6 Å². The van der Waals surface area contributed by atoms with Gasteiger partial charge in [-0.2, -0.15) is 23.5 Å². The number of benzene rings is 2. The van der Waals surface area contributed by atoms with E-state index in [1.165, 1.54) is 39.9 Å². The molecule has 180 valence electrons. The molecule has 1 aliphatic rings. The molecule has 3 N–H and O–H groups in total. The fraction of sp³-hybridized carbons (Fsp3) is 0.217. The number of nitrogens with two attached hydrogens (primary N) is 1. The fourth-order valence-electron chi connectivity index (χ4n) is 3.90. The van der Waals surface area contributed by atoms with Gasteiger partial charge in [-0.05, 0) is 48.9 Å². The molecule has 0 bridgehead atoms. The molecule has 0 spiro atoms. The van der Waals surface area contributed by atoms with E-state index in [0.29, 0.717) is 22.9 Å². The van der Waals surface area contributed by atoms with Crippen LogP contribution in [-0.4, -0.2) is 33.2 Å². The van der Waals surface area contributed by atoms with E-state index in [-0.39, 0.29) is 36.6 Å². The van der Waals surface area contributed by atoms with Gasteiger partial charge in [0.15, 0.2) is 0 Å². The van der Waals surface area contributed by atoms with Crippen LogP contribution in [0.4, 0.5) is 28.0 Å². The first-order valence-corrected chi connectivity index (χ1v) is 10.3. The minimum atomic E-state index is -4.77. The van der Waals surface area contributed by atoms with Crippen LogP contribution in [0.25, 0.3) is 11.3 Å². The summed E-state index contributed by atoms with van der Waals surface area (Å²) in [7, 11) is 0. The van der Waals surface area contributed by atoms with Gasteiger partial charge < -0.3 is 16.0 Å². The SMILES string of the molecule is Cc1cc(-c2nn3c(c2C(N)=O)CN(C(=O)Nc2ccc(C#N)c(C(F)(F)F)c2)CC3)ccc1F. The Labute approximate surface area is 196 Å². The quantitative estimate of drug-likeness (QED) is 0.544. The van der Waals surface area contributed by atoms with Gasteiger partial charge in [-0.3, -0.25) is 9.48 Å². The molecule has 0 unspecified atom stereocenters. The first-order chi connectivity index (χ1) is 16.5. The molecule has 2 heterocycles. The van der Waals surface area contributed by atoms with Gasteiger partial charge in [-0.15, -0.1) is 0 Å². The number of rotatable bonds is 3. The number of primary amides is 1. The van der Waals surface area contributed by atoms with Gasteiger partial charge in [0.1, 0.15) is 11.5 Å². The summed E-state index contributed by atoms with van der Waals surface area (Å²) in [6, 6.07) is 7.89. The normalized spacial score (nSPS) is 13.2. The zero-order valence-corrected chi connectivity index (χ0v) is 18.3. The first-order valence-electron chi connectivity index (χ1n) is 10.3. The summed E-state index contributed by atoms with van der Waals surface area (Å²) in [6.45, 7) is 1.84. The second kappa shape index (κ2) is 8.75. The lowest BCUT2D eigenvalue weighted by atomic mass is 10.0. The summed E-state index contributed by atoms with van der Waals surface area (Å²) < 4.78 is 54.9. The predicted molar refractivity (Wildman–Crippen MR) is 116 cm³/mol. The molecule has 0 saturated heterocycles. The highest BCUT2D eigenvalue weighted by Gasteiger charge is 2.34. The maximum atomic E-state index is 13.7. The highest BCUT2D eigenvalue weighted by atomic mass is 19.4. The summed E-state index contributed by atoms with van der Waals surface area (Å²) in [4.78, 5) is 26.4. The molecule has 3 amide bonds. The predicted octanol–water partition coefficient (Wildman–Crippen LogP) is 4.03. The van der Waals surface area contributed by atoms with Crippen molar-refractivity contribution in [3.05, 3.63) is 70.2 Å². The Balaban J connectivity index is 1.62. The van der Waals surface area contributed by atoms with E-state index in [4.69, 9.17) is 11.0 Å². The largest absolute Gasteiger partial charge is 0.417 e. The van der Waals surface area contributed by atoms with Gasteiger partial charge in [0.2, 0.25) is 0 Å². The number of nitriles is 1. The second-order valence-corrected chi connectivity index (χ2v) is 7.94. The van der Waals surface area contributed by atoms with Crippen molar-refractivity contribution in [1.82, 2.24) is 14.7 Å². The lowest BCUT2D eigenvalue weighted by Crippen LogP contribution is -2.41. The van der Waals surface area contributed by atoms with Crippen LogP contribution in [0.3, 0.4) is 0 Å². The zero-order valence-electron chi connectivity index (χ0n) is 18.3. The number of carbonyl (C=O) groups is 2. The molecule has 3 aromatic rings. The van der Waals surface area contributed by atoms with E-state index in [1.807, 2.05) is 0 Å². The number of aryl methyl sites for hydroxylation is 1. The smallest absolute Gasteiger partial charge is 0.365 e. The van der Waals surface area contributed by atoms with Crippen LogP contribution in [0.2, 0.25) is 0 Å². The summed E-state index contributed by atoms with van der Waals surface area (Å²) >= 11 is 0. The number of hydrogen-bond donors (Lipinski definition) is 2. The Morgan fingerprint density at radius 1 is 1.17 bits per heavy atom. The standard InChI is InChI=1S/C23H18F4N6O2/c1-12-8-13(3-5-17(12)24)20-19(21(29)34)18-11-32(6-7-33(18)31-20)22(35)30-15-4-2-14(10-28)16(9-15)23(25,26)27/h2-5,8-9H,6-7,11H2,1H3,(H2,29,34)(H,30,35). The highest BCUT2D eigenvalue weighted by molar-refractivity contribution is 6.00. The lowest BCUT2D eigenvalue weighted by Gasteiger charge is -2.28. The van der Waals surface area contributed by atoms with Crippen LogP contribution in [0.1, 0.15) is 32.7 Å². The Morgan fingerprint density at radius 2 is 1.91 bits per heavy atom. The Kier molecular flexibility index (Phi) is 5.94. The number of halogens is 4. The number of hydrogen-bond acceptors (Lipinski definition) is 4. The van der Waals surface area contributed by atoms with E-state index in [0.717, 1.165) is 6.07 Å². The minimum absolute atomic E-state index is 0.0752. The van der Waals surface area contributed by atoms with Gasteiger partial charge in [0.05, 0.1) is 41.5 Å². The Morgan fingerprint density at radius 3 is 2.54 bits per heavy atom. The van der Waals surface area contributed by atoms with E-state index in [1.54, 1.807) is 6.92 Å². The van der Waals surface area contributed by atoms with Gasteiger partial charge in [-0.1, -0.05) is 0 Å². The van der Waals surface area contributed by atoms with E-state index < -0.39 is 35.1 Å². The molecular weight excluding hydrogens is 468 g/mol. The monoisotopic (exact) mass is 486 g/mol. The Bertz CT molecular complexity index is 1390. The molecule has 2 aromatic carbocycles. The molecule has 1 aromatic heterocycles. The van der Waals surface area contributed by atoms with Crippen LogP contribution in [0, 0.1) is 24.1 Å². The number of nitrogens with zero attached hydrogens (tertiary/aromatic N) is 4. The van der Waals surface area contributed by atoms with Crippen molar-refractivity contribution in [3.63, 3.8) is 0 Å². The summed E-state index contributed by atoms with van der Waals surface area (Å²) in [5.74, 6) is -1.20. The number of amides is 3. The summed E-state index contributed by atoms with van der Waals surface area (Å²) in [5.41, 5.74) is 5.24. The highest BCUT2D eigenvalue weighted by Crippen LogP contribution is 2.34. The minimum Gasteiger partial charge on any atom is -0.365 e. The number of anilines is 1. The van der Waals surface area contributed by atoms with Crippen LogP contribution in [-0.2, 0) is 19.3 Å². The number of nitrogens with one attached hydrogen (secondary N) is 1. The summed E-state index contributed by atoms with van der Waals surface area (Å²) in [5, 5.41) is 15.8. The Hall–Kier alpha value is -4.40. The molecule has 12 heteroatoms. The lowest BCUT2D eigenvalue weighted by molar-refractivity contribution is -0.137. The van der Waals surface area contributed by atoms with E-state index in [2.05, 4.69) is 10.4 Å². The molecule has 35 heavy (non-hydrogen) atoms. The fourth-order valence-corrected chi connectivity index (χ4v) is 3.90. The molecule has 0 saturated carbocycles. The van der Waals surface area contributed by atoms with Crippen molar-refractivity contribution in [2.45, 2.75) is 26.2 Å². The van der Waals surface area contributed by atoms with Crippen molar-refractivity contribution in [2.75, 3.05) is 11.9 Å². The second-order valence-electron chi connectivity index (χ2n) is 7.94. The molecule has 1 aliphatic heterocycles. The number of alkyl halides is 3. The maximum absolute atomic E-state index is 13.7. The van der Waals surface area contributed by atoms with E-state index in [9.17, 15) is 27.2 Å². The average Bonchev–Trinajstić information content (AvgIpc) is 3.19. The maximum Gasteiger partial charge on any atom is 0.417 e. The van der Waals surface area contributed by atoms with Gasteiger partial charge in [-0.25, -0.2) is 9.18 Å².